The Kier molecular flexibility index (Phi) is 41.2. The molecule has 128 valence electrons. The van der Waals surface area contributed by atoms with E-state index in [1.165, 1.54) is 13.8 Å². The highest BCUT2D eigenvalue weighted by Gasteiger charge is 1.94. The smallest absolute Gasteiger partial charge is 0.302 e. The number of aliphatic hydroxyl groups is 2. The number of carbonyl (C=O) groups is 2. The highest BCUT2D eigenvalue weighted by molar-refractivity contribution is 5.66. The van der Waals surface area contributed by atoms with Gasteiger partial charge in [0.1, 0.15) is 13.2 Å². The van der Waals surface area contributed by atoms with Crippen LogP contribution in [0.15, 0.2) is 13.2 Å². The zero-order chi connectivity index (χ0) is 17.5. The SMILES string of the molecule is C=C.CC(=O)OCCOC(C)=O.CCOCC.OCCO. The van der Waals surface area contributed by atoms with Crippen molar-refractivity contribution in [3.05, 3.63) is 13.2 Å². The van der Waals surface area contributed by atoms with E-state index in [-0.39, 0.29) is 38.4 Å². The second-order valence-electron chi connectivity index (χ2n) is 2.91. The third-order valence-corrected chi connectivity index (χ3v) is 1.20. The molecule has 7 heteroatoms. The lowest BCUT2D eigenvalue weighted by Crippen LogP contribution is -2.09. The summed E-state index contributed by atoms with van der Waals surface area (Å²) in [4.78, 5) is 20.3. The monoisotopic (exact) mass is 310 g/mol. The Balaban J connectivity index is -0.000000110. The van der Waals surface area contributed by atoms with Crippen LogP contribution >= 0.6 is 0 Å². The molecule has 0 aliphatic heterocycles. The Morgan fingerprint density at radius 3 is 1.24 bits per heavy atom. The van der Waals surface area contributed by atoms with Crippen LogP contribution in [0.2, 0.25) is 0 Å². The van der Waals surface area contributed by atoms with E-state index in [1.54, 1.807) is 0 Å². The van der Waals surface area contributed by atoms with Gasteiger partial charge in [0, 0.05) is 27.1 Å². The minimum absolute atomic E-state index is 0.125. The first-order valence-corrected chi connectivity index (χ1v) is 6.52. The maximum absolute atomic E-state index is 10.1. The van der Waals surface area contributed by atoms with Gasteiger partial charge in [-0.3, -0.25) is 9.59 Å². The largest absolute Gasteiger partial charge is 0.462 e. The Morgan fingerprint density at radius 2 is 1.14 bits per heavy atom. The van der Waals surface area contributed by atoms with Crippen molar-refractivity contribution in [1.29, 1.82) is 0 Å². The molecule has 0 radical (unpaired) electrons. The lowest BCUT2D eigenvalue weighted by atomic mass is 10.7. The summed E-state index contributed by atoms with van der Waals surface area (Å²) < 4.78 is 13.8. The molecule has 0 aromatic carbocycles. The molecule has 0 aliphatic rings. The van der Waals surface area contributed by atoms with Crippen LogP contribution < -0.4 is 0 Å². The van der Waals surface area contributed by atoms with E-state index in [0.29, 0.717) is 0 Å². The molecule has 0 rings (SSSR count). The van der Waals surface area contributed by atoms with Crippen LogP contribution in [0.25, 0.3) is 0 Å². The van der Waals surface area contributed by atoms with Crippen molar-refractivity contribution < 1.29 is 34.0 Å². The van der Waals surface area contributed by atoms with E-state index in [1.807, 2.05) is 13.8 Å². The zero-order valence-electron chi connectivity index (χ0n) is 13.6. The zero-order valence-corrected chi connectivity index (χ0v) is 13.6. The average Bonchev–Trinajstić information content (AvgIpc) is 2.47. The Bertz CT molecular complexity index is 187. The molecule has 0 aliphatic carbocycles. The van der Waals surface area contributed by atoms with Crippen molar-refractivity contribution in [2.45, 2.75) is 27.7 Å². The summed E-state index contributed by atoms with van der Waals surface area (Å²) in [5, 5.41) is 15.2. The first-order valence-electron chi connectivity index (χ1n) is 6.52. The van der Waals surface area contributed by atoms with Gasteiger partial charge in [-0.15, -0.1) is 13.2 Å². The van der Waals surface area contributed by atoms with Gasteiger partial charge >= 0.3 is 11.9 Å². The Labute approximate surface area is 127 Å². The van der Waals surface area contributed by atoms with Crippen LogP contribution in [-0.4, -0.2) is 61.8 Å². The number of esters is 2. The Morgan fingerprint density at radius 1 is 0.857 bits per heavy atom. The summed E-state index contributed by atoms with van der Waals surface area (Å²) in [6.07, 6.45) is 0. The van der Waals surface area contributed by atoms with Gasteiger partial charge in [0.25, 0.3) is 0 Å². The van der Waals surface area contributed by atoms with Gasteiger partial charge in [0.2, 0.25) is 0 Å². The van der Waals surface area contributed by atoms with Gasteiger partial charge in [-0.05, 0) is 13.8 Å². The van der Waals surface area contributed by atoms with E-state index in [2.05, 4.69) is 22.6 Å². The van der Waals surface area contributed by atoms with Crippen LogP contribution in [-0.2, 0) is 23.8 Å². The molecule has 0 unspecified atom stereocenters. The van der Waals surface area contributed by atoms with Crippen LogP contribution in [0.5, 0.6) is 0 Å². The normalized spacial score (nSPS) is 7.71. The summed E-state index contributed by atoms with van der Waals surface area (Å²) >= 11 is 0. The average molecular weight is 310 g/mol. The molecule has 0 aromatic rings. The molecule has 0 saturated carbocycles. The summed E-state index contributed by atoms with van der Waals surface area (Å²) in [6.45, 7) is 14.3. The van der Waals surface area contributed by atoms with Crippen molar-refractivity contribution in [3.63, 3.8) is 0 Å². The number of aliphatic hydroxyl groups excluding tert-OH is 2. The van der Waals surface area contributed by atoms with Crippen molar-refractivity contribution in [2.24, 2.45) is 0 Å². The first kappa shape index (κ1) is 27.8. The fourth-order valence-corrected chi connectivity index (χ4v) is 0.575. The minimum atomic E-state index is -0.368. The minimum Gasteiger partial charge on any atom is -0.462 e. The molecule has 0 fully saturated rings. The molecule has 0 saturated heterocycles. The van der Waals surface area contributed by atoms with Crippen molar-refractivity contribution in [2.75, 3.05) is 39.6 Å². The van der Waals surface area contributed by atoms with Crippen molar-refractivity contribution >= 4 is 11.9 Å². The van der Waals surface area contributed by atoms with Gasteiger partial charge < -0.3 is 24.4 Å². The number of hydrogen-bond acceptors (Lipinski definition) is 7. The molecular formula is C14H30O7. The number of rotatable bonds is 6. The second kappa shape index (κ2) is 31.1. The van der Waals surface area contributed by atoms with Crippen molar-refractivity contribution in [3.8, 4) is 0 Å². The third kappa shape index (κ3) is 69.5. The van der Waals surface area contributed by atoms with Crippen molar-refractivity contribution in [1.82, 2.24) is 0 Å². The fourth-order valence-electron chi connectivity index (χ4n) is 0.575. The maximum Gasteiger partial charge on any atom is 0.302 e. The first-order chi connectivity index (χ1) is 9.95. The van der Waals surface area contributed by atoms with E-state index < -0.39 is 0 Å². The molecular weight excluding hydrogens is 280 g/mol. The molecule has 0 atom stereocenters. The summed E-state index contributed by atoms with van der Waals surface area (Å²) in [5.74, 6) is -0.737. The van der Waals surface area contributed by atoms with Gasteiger partial charge in [0.15, 0.2) is 0 Å². The predicted octanol–water partition coefficient (Wildman–Crippen LogP) is 0.929. The van der Waals surface area contributed by atoms with Gasteiger partial charge in [-0.25, -0.2) is 0 Å². The van der Waals surface area contributed by atoms with E-state index in [4.69, 9.17) is 14.9 Å². The standard InChI is InChI=1S/C6H10O4.C4H10O.C2H6O2.C2H4/c1-5(7)9-3-4-10-6(2)8;1-3-5-4-2;3-1-2-4;1-2/h3-4H2,1-2H3;3-4H2,1-2H3;3-4H,1-2H2;1-2H2. The number of hydrogen-bond donors (Lipinski definition) is 2. The number of carbonyl (C=O) groups excluding carboxylic acids is 2. The summed E-state index contributed by atoms with van der Waals surface area (Å²) in [6, 6.07) is 0. The fraction of sp³-hybridized carbons (Fsp3) is 0.714. The number of ether oxygens (including phenoxy) is 3. The maximum atomic E-state index is 10.1. The molecule has 0 aromatic heterocycles. The van der Waals surface area contributed by atoms with E-state index in [9.17, 15) is 9.59 Å². The quantitative estimate of drug-likeness (QED) is 0.427. The molecule has 0 amide bonds. The van der Waals surface area contributed by atoms with Crippen LogP contribution in [0, 0.1) is 0 Å². The highest BCUT2D eigenvalue weighted by atomic mass is 16.6. The highest BCUT2D eigenvalue weighted by Crippen LogP contribution is 1.79. The summed E-state index contributed by atoms with van der Waals surface area (Å²) in [7, 11) is 0. The van der Waals surface area contributed by atoms with Gasteiger partial charge in [0.05, 0.1) is 13.2 Å². The predicted molar refractivity (Wildman–Crippen MR) is 80.9 cm³/mol. The summed E-state index contributed by atoms with van der Waals surface area (Å²) in [5.41, 5.74) is 0. The molecule has 0 heterocycles. The molecule has 2 N–H and O–H groups in total. The van der Waals surface area contributed by atoms with Gasteiger partial charge in [-0.1, -0.05) is 0 Å². The van der Waals surface area contributed by atoms with Crippen LogP contribution in [0.4, 0.5) is 0 Å². The van der Waals surface area contributed by atoms with Gasteiger partial charge in [-0.2, -0.15) is 0 Å². The molecule has 0 bridgehead atoms. The van der Waals surface area contributed by atoms with E-state index in [0.717, 1.165) is 13.2 Å². The third-order valence-electron chi connectivity index (χ3n) is 1.20. The van der Waals surface area contributed by atoms with Crippen LogP contribution in [0.3, 0.4) is 0 Å². The molecule has 21 heavy (non-hydrogen) atoms. The Hall–Kier alpha value is -1.44. The van der Waals surface area contributed by atoms with Crippen LogP contribution in [0.1, 0.15) is 27.7 Å². The molecule has 0 spiro atoms. The second-order valence-corrected chi connectivity index (χ2v) is 2.91. The molecule has 7 nitrogen and oxygen atoms in total. The lowest BCUT2D eigenvalue weighted by molar-refractivity contribution is -0.149. The lowest BCUT2D eigenvalue weighted by Gasteiger charge is -2.00. The topological polar surface area (TPSA) is 102 Å². The van der Waals surface area contributed by atoms with E-state index >= 15 is 0 Å².